The molecule has 0 saturated carbocycles. The van der Waals surface area contributed by atoms with Gasteiger partial charge in [-0.25, -0.2) is 0 Å². The molecule has 0 bridgehead atoms. The Morgan fingerprint density at radius 1 is 0.358 bits per heavy atom. The van der Waals surface area contributed by atoms with Crippen molar-refractivity contribution in [3.63, 3.8) is 0 Å². The summed E-state index contributed by atoms with van der Waals surface area (Å²) < 4.78 is 0. The molecule has 0 aromatic heterocycles. The van der Waals surface area contributed by atoms with Crippen molar-refractivity contribution in [1.29, 1.82) is 0 Å². The van der Waals surface area contributed by atoms with Gasteiger partial charge in [-0.3, -0.25) is 0 Å². The first-order valence-electron chi connectivity index (χ1n) is 24.9. The number of aryl methyl sites for hydroxylation is 2. The van der Waals surface area contributed by atoms with Crippen LogP contribution in [-0.4, -0.2) is 6.71 Å². The normalized spacial score (nSPS) is 14.7. The summed E-state index contributed by atoms with van der Waals surface area (Å²) in [6.07, 6.45) is 9.02. The van der Waals surface area contributed by atoms with E-state index in [1.165, 1.54) is 139 Å². The SMILES string of the molecule is CCc1cc2c(c3c1CCC3)N(c1cccc3c4ccccc4c4ccccc4c13)c1cccc3c1B2c1cc(CC)c2c(c1N3c1cccc3c4ccccc4c4ccccc4c13)CCC2. The van der Waals surface area contributed by atoms with E-state index < -0.39 is 0 Å². The minimum absolute atomic E-state index is 0.0937. The largest absolute Gasteiger partial charge is 0.311 e. The van der Waals surface area contributed by atoms with Gasteiger partial charge in [-0.15, -0.1) is 0 Å². The molecule has 0 atom stereocenters. The third kappa shape index (κ3) is 4.97. The van der Waals surface area contributed by atoms with Gasteiger partial charge in [-0.05, 0) is 179 Å². The van der Waals surface area contributed by atoms with Crippen molar-refractivity contribution in [2.75, 3.05) is 9.80 Å². The van der Waals surface area contributed by atoms with E-state index in [2.05, 4.69) is 187 Å². The monoisotopic (exact) mass is 856 g/mol. The van der Waals surface area contributed by atoms with E-state index in [4.69, 9.17) is 0 Å². The molecule has 0 spiro atoms. The Bertz CT molecular complexity index is 3650. The van der Waals surface area contributed by atoms with Gasteiger partial charge in [0.05, 0.1) is 11.4 Å². The van der Waals surface area contributed by atoms with E-state index >= 15 is 0 Å². The van der Waals surface area contributed by atoms with Crippen LogP contribution >= 0.6 is 0 Å². The van der Waals surface area contributed by atoms with Gasteiger partial charge < -0.3 is 9.80 Å². The minimum Gasteiger partial charge on any atom is -0.311 e. The third-order valence-electron chi connectivity index (χ3n) is 16.6. The maximum absolute atomic E-state index is 2.76. The maximum Gasteiger partial charge on any atom is 0.252 e. The van der Waals surface area contributed by atoms with Crippen molar-refractivity contribution in [3.8, 4) is 0 Å². The minimum atomic E-state index is 0.0937. The van der Waals surface area contributed by atoms with E-state index in [9.17, 15) is 0 Å². The lowest BCUT2D eigenvalue weighted by molar-refractivity contribution is 0.905. The van der Waals surface area contributed by atoms with E-state index in [0.29, 0.717) is 0 Å². The van der Waals surface area contributed by atoms with Crippen LogP contribution in [0.1, 0.15) is 60.1 Å². The van der Waals surface area contributed by atoms with Gasteiger partial charge in [0, 0.05) is 33.5 Å². The number of benzene rings is 11. The Labute approximate surface area is 392 Å². The molecule has 0 unspecified atom stereocenters. The molecule has 2 heterocycles. The first-order valence-corrected chi connectivity index (χ1v) is 24.9. The highest BCUT2D eigenvalue weighted by Gasteiger charge is 2.47. The molecule has 3 heteroatoms. The van der Waals surface area contributed by atoms with Gasteiger partial charge in [0.15, 0.2) is 0 Å². The first kappa shape index (κ1) is 37.8. The van der Waals surface area contributed by atoms with Crippen LogP contribution in [0.4, 0.5) is 34.1 Å². The molecule has 11 aromatic carbocycles. The molecule has 0 amide bonds. The third-order valence-corrected chi connectivity index (χ3v) is 16.6. The Morgan fingerprint density at radius 3 is 1.06 bits per heavy atom. The summed E-state index contributed by atoms with van der Waals surface area (Å²) in [5.74, 6) is 0. The summed E-state index contributed by atoms with van der Waals surface area (Å²) in [5.41, 5.74) is 21.8. The number of fused-ring (bicyclic) bond motifs is 20. The fourth-order valence-corrected chi connectivity index (χ4v) is 14.0. The summed E-state index contributed by atoms with van der Waals surface area (Å²) in [5, 5.41) is 15.8. The Hall–Kier alpha value is -7.36. The second kappa shape index (κ2) is 14.1. The number of hydrogen-bond acceptors (Lipinski definition) is 2. The summed E-state index contributed by atoms with van der Waals surface area (Å²) in [7, 11) is 0. The molecule has 0 saturated heterocycles. The number of rotatable bonds is 4. The predicted octanol–water partition coefficient (Wildman–Crippen LogP) is 14.8. The molecule has 0 N–H and O–H groups in total. The fourth-order valence-electron chi connectivity index (χ4n) is 14.0. The molecule has 2 aliphatic carbocycles. The van der Waals surface area contributed by atoms with Crippen molar-refractivity contribution in [1.82, 2.24) is 0 Å². The molecular formula is C64H49BN2. The van der Waals surface area contributed by atoms with Crippen LogP contribution in [0.5, 0.6) is 0 Å². The number of hydrogen-bond donors (Lipinski definition) is 0. The van der Waals surface area contributed by atoms with Gasteiger partial charge >= 0.3 is 0 Å². The van der Waals surface area contributed by atoms with Crippen LogP contribution in [0.3, 0.4) is 0 Å². The van der Waals surface area contributed by atoms with Crippen LogP contribution in [-0.2, 0) is 38.5 Å². The van der Waals surface area contributed by atoms with E-state index in [-0.39, 0.29) is 6.71 Å². The summed E-state index contributed by atoms with van der Waals surface area (Å²) >= 11 is 0. The van der Waals surface area contributed by atoms with Crippen LogP contribution in [0.25, 0.3) is 64.6 Å². The highest BCUT2D eigenvalue weighted by molar-refractivity contribution is 7.00. The quantitative estimate of drug-likeness (QED) is 0.129. The molecular weight excluding hydrogens is 808 g/mol. The lowest BCUT2D eigenvalue weighted by Gasteiger charge is -2.46. The van der Waals surface area contributed by atoms with Crippen molar-refractivity contribution in [2.24, 2.45) is 0 Å². The standard InChI is InChI=1S/C64H49BN2/c1-3-38-36-54-63(52-30-13-26-40(38)52)66(56-32-15-28-50-46-20-7-5-18-42(46)44-22-9-11-24-48(44)60(50)56)58-34-17-35-59-62(58)65(54)55-37-39(4-2)41-27-14-31-53(41)64(55)67(59)57-33-16-29-51-47-21-8-6-19-43(47)45-23-10-12-25-49(45)61(51)57/h5-12,15-25,28-29,32-37H,3-4,13-14,26-27,30-31H2,1-2H3. The number of anilines is 6. The van der Waals surface area contributed by atoms with Crippen LogP contribution in [0, 0.1) is 0 Å². The van der Waals surface area contributed by atoms with Crippen LogP contribution < -0.4 is 26.2 Å². The summed E-state index contributed by atoms with van der Waals surface area (Å²) in [6.45, 7) is 4.86. The molecule has 0 radical (unpaired) electrons. The molecule has 11 aromatic rings. The fraction of sp³-hybridized carbons (Fsp3) is 0.156. The average molecular weight is 857 g/mol. The Morgan fingerprint density at radius 2 is 0.672 bits per heavy atom. The second-order valence-electron chi connectivity index (χ2n) is 19.7. The van der Waals surface area contributed by atoms with Gasteiger partial charge in [0.1, 0.15) is 0 Å². The zero-order chi connectivity index (χ0) is 44.1. The predicted molar refractivity (Wildman–Crippen MR) is 288 cm³/mol. The molecule has 0 fully saturated rings. The summed E-state index contributed by atoms with van der Waals surface area (Å²) in [6, 6.07) is 63.3. The lowest BCUT2D eigenvalue weighted by atomic mass is 9.33. The van der Waals surface area contributed by atoms with Crippen molar-refractivity contribution >= 4 is 122 Å². The molecule has 67 heavy (non-hydrogen) atoms. The second-order valence-corrected chi connectivity index (χ2v) is 19.7. The molecule has 2 aliphatic heterocycles. The highest BCUT2D eigenvalue weighted by atomic mass is 15.2. The van der Waals surface area contributed by atoms with E-state index in [0.717, 1.165) is 38.5 Å². The van der Waals surface area contributed by atoms with Gasteiger partial charge in [0.25, 0.3) is 6.71 Å². The van der Waals surface area contributed by atoms with Crippen LogP contribution in [0.2, 0.25) is 0 Å². The molecule has 4 aliphatic rings. The Balaban J connectivity index is 1.12. The molecule has 2 nitrogen and oxygen atoms in total. The zero-order valence-electron chi connectivity index (χ0n) is 38.2. The van der Waals surface area contributed by atoms with Gasteiger partial charge in [-0.2, -0.15) is 0 Å². The first-order chi connectivity index (χ1) is 33.2. The number of nitrogens with zero attached hydrogens (tertiary/aromatic N) is 2. The summed E-state index contributed by atoms with van der Waals surface area (Å²) in [4.78, 5) is 5.53. The maximum atomic E-state index is 2.76. The lowest BCUT2D eigenvalue weighted by Crippen LogP contribution is -2.62. The van der Waals surface area contributed by atoms with Crippen LogP contribution in [0.15, 0.2) is 164 Å². The molecule has 15 rings (SSSR count). The van der Waals surface area contributed by atoms with Crippen molar-refractivity contribution in [2.45, 2.75) is 65.2 Å². The van der Waals surface area contributed by atoms with E-state index in [1.54, 1.807) is 22.3 Å². The van der Waals surface area contributed by atoms with Gasteiger partial charge in [-0.1, -0.05) is 153 Å². The smallest absolute Gasteiger partial charge is 0.252 e. The molecule has 318 valence electrons. The van der Waals surface area contributed by atoms with Gasteiger partial charge in [0.2, 0.25) is 0 Å². The van der Waals surface area contributed by atoms with Crippen molar-refractivity contribution < 1.29 is 0 Å². The van der Waals surface area contributed by atoms with Crippen molar-refractivity contribution in [3.05, 3.63) is 197 Å². The van der Waals surface area contributed by atoms with E-state index in [1.807, 2.05) is 0 Å². The highest BCUT2D eigenvalue weighted by Crippen LogP contribution is 2.53. The average Bonchev–Trinajstić information content (AvgIpc) is 4.10. The Kier molecular flexibility index (Phi) is 7.95. The zero-order valence-corrected chi connectivity index (χ0v) is 38.2. The topological polar surface area (TPSA) is 6.48 Å².